The third-order valence-electron chi connectivity index (χ3n) is 5.98. The third-order valence-corrected chi connectivity index (χ3v) is 7.16. The number of fused-ring (bicyclic) bond motifs is 1. The average molecular weight is 427 g/mol. The van der Waals surface area contributed by atoms with E-state index in [4.69, 9.17) is 4.74 Å². The molecule has 3 heterocycles. The number of aryl methyl sites for hydroxylation is 2. The van der Waals surface area contributed by atoms with Crippen LogP contribution in [0.15, 0.2) is 24.3 Å². The molecule has 2 aromatic heterocycles. The van der Waals surface area contributed by atoms with Gasteiger partial charge in [-0.2, -0.15) is 5.10 Å². The Balaban J connectivity index is 1.48. The lowest BCUT2D eigenvalue weighted by Gasteiger charge is -2.30. The molecule has 0 unspecified atom stereocenters. The van der Waals surface area contributed by atoms with Gasteiger partial charge in [0.05, 0.1) is 23.3 Å². The van der Waals surface area contributed by atoms with Crippen molar-refractivity contribution >= 4 is 27.3 Å². The molecule has 4 rings (SSSR count). The summed E-state index contributed by atoms with van der Waals surface area (Å²) in [5.41, 5.74) is 4.60. The number of rotatable bonds is 6. The Kier molecular flexibility index (Phi) is 6.22. The number of carbonyl (C=O) groups is 1. The van der Waals surface area contributed by atoms with Crippen LogP contribution in [0.4, 0.5) is 0 Å². The van der Waals surface area contributed by atoms with Crippen LogP contribution in [0.3, 0.4) is 0 Å². The molecule has 7 heteroatoms. The van der Waals surface area contributed by atoms with Crippen LogP contribution >= 0.6 is 11.3 Å². The summed E-state index contributed by atoms with van der Waals surface area (Å²) >= 11 is 1.57. The minimum Gasteiger partial charge on any atom is -0.371 e. The van der Waals surface area contributed by atoms with Crippen LogP contribution in [0.2, 0.25) is 0 Å². The second-order valence-corrected chi connectivity index (χ2v) is 9.15. The molecular formula is C23H30N4O2S. The van der Waals surface area contributed by atoms with Crippen molar-refractivity contribution in [3.8, 4) is 0 Å². The maximum Gasteiger partial charge on any atom is 0.261 e. The lowest BCUT2D eigenvalue weighted by Crippen LogP contribution is -2.36. The Morgan fingerprint density at radius 3 is 2.83 bits per heavy atom. The number of nitrogens with zero attached hydrogens (tertiary/aromatic N) is 3. The van der Waals surface area contributed by atoms with Gasteiger partial charge in [0.1, 0.15) is 0 Å². The Bertz CT molecular complexity index is 1060. The number of morpholine rings is 1. The minimum absolute atomic E-state index is 0.00246. The van der Waals surface area contributed by atoms with Gasteiger partial charge >= 0.3 is 0 Å². The SMILES string of the molecule is Cc1nn(C)c(C)c1CCCNC(=O)c1sc2ccccc2c1[C@@H]1CN(C)CCO1. The van der Waals surface area contributed by atoms with E-state index < -0.39 is 0 Å². The summed E-state index contributed by atoms with van der Waals surface area (Å²) in [6, 6.07) is 8.24. The molecule has 1 aliphatic heterocycles. The number of carbonyl (C=O) groups excluding carboxylic acids is 1. The largest absolute Gasteiger partial charge is 0.371 e. The number of aromatic nitrogens is 2. The zero-order chi connectivity index (χ0) is 21.3. The van der Waals surface area contributed by atoms with Gasteiger partial charge in [-0.1, -0.05) is 18.2 Å². The molecular weight excluding hydrogens is 396 g/mol. The summed E-state index contributed by atoms with van der Waals surface area (Å²) in [7, 11) is 4.08. The highest BCUT2D eigenvalue weighted by molar-refractivity contribution is 7.21. The maximum atomic E-state index is 13.1. The Morgan fingerprint density at radius 2 is 2.10 bits per heavy atom. The van der Waals surface area contributed by atoms with Crippen LogP contribution in [0.1, 0.15) is 44.7 Å². The van der Waals surface area contributed by atoms with E-state index in [1.165, 1.54) is 11.3 Å². The first-order chi connectivity index (χ1) is 14.5. The Labute approximate surface area is 181 Å². The smallest absolute Gasteiger partial charge is 0.261 e. The normalized spacial score (nSPS) is 17.5. The number of hydrogen-bond donors (Lipinski definition) is 1. The monoisotopic (exact) mass is 426 g/mol. The first-order valence-electron chi connectivity index (χ1n) is 10.5. The fourth-order valence-corrected chi connectivity index (χ4v) is 5.40. The van der Waals surface area contributed by atoms with Crippen molar-refractivity contribution < 1.29 is 9.53 Å². The number of ether oxygens (including phenoxy) is 1. The van der Waals surface area contributed by atoms with Gasteiger partial charge in [-0.15, -0.1) is 11.3 Å². The van der Waals surface area contributed by atoms with Crippen LogP contribution < -0.4 is 5.32 Å². The number of hydrogen-bond acceptors (Lipinski definition) is 5. The van der Waals surface area contributed by atoms with E-state index in [1.54, 1.807) is 11.3 Å². The van der Waals surface area contributed by atoms with Gasteiger partial charge < -0.3 is 15.0 Å². The lowest BCUT2D eigenvalue weighted by molar-refractivity contribution is -0.0202. The molecule has 6 nitrogen and oxygen atoms in total. The van der Waals surface area contributed by atoms with Crippen molar-refractivity contribution in [3.63, 3.8) is 0 Å². The minimum atomic E-state index is -0.0682. The molecule has 1 aliphatic rings. The van der Waals surface area contributed by atoms with E-state index in [9.17, 15) is 4.79 Å². The molecule has 1 N–H and O–H groups in total. The van der Waals surface area contributed by atoms with E-state index in [1.807, 2.05) is 30.8 Å². The van der Waals surface area contributed by atoms with Crippen molar-refractivity contribution in [3.05, 3.63) is 51.7 Å². The van der Waals surface area contributed by atoms with Gasteiger partial charge in [0.15, 0.2) is 0 Å². The van der Waals surface area contributed by atoms with Crippen molar-refractivity contribution in [2.24, 2.45) is 7.05 Å². The molecule has 0 saturated carbocycles. The molecule has 0 radical (unpaired) electrons. The number of amides is 1. The highest BCUT2D eigenvalue weighted by atomic mass is 32.1. The highest BCUT2D eigenvalue weighted by Gasteiger charge is 2.28. The number of thiophene rings is 1. The van der Waals surface area contributed by atoms with Gasteiger partial charge in [-0.25, -0.2) is 0 Å². The van der Waals surface area contributed by atoms with E-state index in [0.29, 0.717) is 13.2 Å². The summed E-state index contributed by atoms with van der Waals surface area (Å²) in [5, 5.41) is 8.75. The van der Waals surface area contributed by atoms with Gasteiger partial charge in [-0.3, -0.25) is 9.48 Å². The van der Waals surface area contributed by atoms with Crippen LogP contribution in [0, 0.1) is 13.8 Å². The molecule has 1 amide bonds. The third kappa shape index (κ3) is 4.15. The van der Waals surface area contributed by atoms with Crippen LogP contribution in [0.5, 0.6) is 0 Å². The van der Waals surface area contributed by atoms with Crippen molar-refractivity contribution in [2.75, 3.05) is 33.3 Å². The lowest BCUT2D eigenvalue weighted by atomic mass is 10.0. The van der Waals surface area contributed by atoms with Crippen LogP contribution in [0.25, 0.3) is 10.1 Å². The number of benzene rings is 1. The second kappa shape index (κ2) is 8.88. The predicted octanol–water partition coefficient (Wildman–Crippen LogP) is 3.62. The van der Waals surface area contributed by atoms with E-state index >= 15 is 0 Å². The van der Waals surface area contributed by atoms with Crippen molar-refractivity contribution in [1.29, 1.82) is 0 Å². The Hall–Kier alpha value is -2.22. The maximum absolute atomic E-state index is 13.1. The first kappa shape index (κ1) is 21.0. The standard InChI is InChI=1S/C23H30N4O2S/c1-15-17(16(2)27(4)25-15)9-7-11-24-23(28)22-21(19-14-26(3)12-13-29-19)18-8-5-6-10-20(18)30-22/h5-6,8,10,19H,7,9,11-14H2,1-4H3,(H,24,28)/t19-/m0/s1. The molecule has 1 aromatic carbocycles. The van der Waals surface area contributed by atoms with Crippen molar-refractivity contribution in [2.45, 2.75) is 32.8 Å². The second-order valence-electron chi connectivity index (χ2n) is 8.10. The summed E-state index contributed by atoms with van der Waals surface area (Å²) in [4.78, 5) is 16.2. The van der Waals surface area contributed by atoms with E-state index in [0.717, 1.165) is 52.2 Å². The quantitative estimate of drug-likeness (QED) is 0.612. The molecule has 30 heavy (non-hydrogen) atoms. The summed E-state index contributed by atoms with van der Waals surface area (Å²) in [6.07, 6.45) is 1.74. The summed E-state index contributed by atoms with van der Waals surface area (Å²) in [6.45, 7) is 7.21. The van der Waals surface area contributed by atoms with Gasteiger partial charge in [0.2, 0.25) is 0 Å². The molecule has 160 valence electrons. The van der Waals surface area contributed by atoms with Gasteiger partial charge in [0, 0.05) is 42.6 Å². The topological polar surface area (TPSA) is 59.4 Å². The molecule has 0 aliphatic carbocycles. The van der Waals surface area contributed by atoms with E-state index in [-0.39, 0.29) is 12.0 Å². The predicted molar refractivity (Wildman–Crippen MR) is 121 cm³/mol. The molecule has 1 saturated heterocycles. The van der Waals surface area contributed by atoms with Crippen LogP contribution in [-0.2, 0) is 18.2 Å². The fraction of sp³-hybridized carbons (Fsp3) is 0.478. The molecule has 1 atom stereocenters. The zero-order valence-corrected chi connectivity index (χ0v) is 19.0. The van der Waals surface area contributed by atoms with E-state index in [2.05, 4.69) is 41.4 Å². The molecule has 1 fully saturated rings. The van der Waals surface area contributed by atoms with Crippen LogP contribution in [-0.4, -0.2) is 53.9 Å². The molecule has 3 aromatic rings. The summed E-state index contributed by atoms with van der Waals surface area (Å²) in [5.74, 6) is 0.00246. The van der Waals surface area contributed by atoms with Gasteiger partial charge in [-0.05, 0) is 50.8 Å². The van der Waals surface area contributed by atoms with Crippen molar-refractivity contribution in [1.82, 2.24) is 20.0 Å². The fourth-order valence-electron chi connectivity index (χ4n) is 4.23. The zero-order valence-electron chi connectivity index (χ0n) is 18.2. The summed E-state index contributed by atoms with van der Waals surface area (Å²) < 4.78 is 9.14. The molecule has 0 spiro atoms. The Morgan fingerprint density at radius 1 is 1.30 bits per heavy atom. The first-order valence-corrected chi connectivity index (χ1v) is 11.4. The number of nitrogens with one attached hydrogen (secondary N) is 1. The number of likely N-dealkylation sites (N-methyl/N-ethyl adjacent to an activating group) is 1. The average Bonchev–Trinajstić information content (AvgIpc) is 3.23. The molecule has 0 bridgehead atoms. The highest BCUT2D eigenvalue weighted by Crippen LogP contribution is 2.38. The van der Waals surface area contributed by atoms with Gasteiger partial charge in [0.25, 0.3) is 5.91 Å².